The van der Waals surface area contributed by atoms with Crippen molar-refractivity contribution in [1.82, 2.24) is 9.88 Å². The van der Waals surface area contributed by atoms with Crippen LogP contribution in [0, 0.1) is 0 Å². The zero-order valence-electron chi connectivity index (χ0n) is 11.7. The Morgan fingerprint density at radius 1 is 1.10 bits per heavy atom. The lowest BCUT2D eigenvalue weighted by atomic mass is 10.1. The maximum atomic E-state index is 12.2. The van der Waals surface area contributed by atoms with Crippen molar-refractivity contribution in [2.45, 2.75) is 19.9 Å². The number of hydrogen-bond donors (Lipinski definition) is 1. The maximum absolute atomic E-state index is 12.2. The number of aromatic nitrogens is 1. The molecule has 0 radical (unpaired) electrons. The third-order valence-electron chi connectivity index (χ3n) is 3.23. The van der Waals surface area contributed by atoms with E-state index in [1.54, 1.807) is 11.9 Å². The molecule has 0 aliphatic rings. The fourth-order valence-electron chi connectivity index (χ4n) is 1.99. The summed E-state index contributed by atoms with van der Waals surface area (Å²) in [6.07, 6.45) is 2.45. The fraction of sp³-hybridized carbons (Fsp3) is 0.250. The molecule has 0 aliphatic carbocycles. The lowest BCUT2D eigenvalue weighted by Gasteiger charge is -2.17. The van der Waals surface area contributed by atoms with Gasteiger partial charge in [0.1, 0.15) is 0 Å². The van der Waals surface area contributed by atoms with Crippen molar-refractivity contribution in [3.8, 4) is 0 Å². The van der Waals surface area contributed by atoms with Gasteiger partial charge < -0.3 is 9.88 Å². The summed E-state index contributed by atoms with van der Waals surface area (Å²) in [5.41, 5.74) is 2.64. The number of amides is 1. The van der Waals surface area contributed by atoms with Crippen molar-refractivity contribution in [3.63, 3.8) is 0 Å². The Kier molecular flexibility index (Phi) is 4.35. The molecule has 104 valence electrons. The Balaban J connectivity index is 2.06. The average molecular weight is 270 g/mol. The van der Waals surface area contributed by atoms with E-state index in [1.807, 2.05) is 12.1 Å². The van der Waals surface area contributed by atoms with Crippen molar-refractivity contribution < 1.29 is 4.79 Å². The van der Waals surface area contributed by atoms with Gasteiger partial charge in [-0.15, -0.1) is 0 Å². The molecule has 0 fully saturated rings. The van der Waals surface area contributed by atoms with Gasteiger partial charge in [-0.2, -0.15) is 0 Å². The molecule has 0 atom stereocenters. The summed E-state index contributed by atoms with van der Waals surface area (Å²) < 4.78 is 0. The Labute approximate surface area is 118 Å². The number of carbonyl (C=O) groups is 1. The lowest BCUT2D eigenvalue weighted by molar-refractivity contribution is 0.0784. The second-order valence-electron chi connectivity index (χ2n) is 4.77. The van der Waals surface area contributed by atoms with Gasteiger partial charge in [0.05, 0.1) is 5.56 Å². The largest absolute Gasteiger partial charge is 0.337 e. The molecule has 2 aromatic rings. The number of hydrogen-bond acceptors (Lipinski definition) is 2. The Morgan fingerprint density at radius 3 is 2.30 bits per heavy atom. The SMILES string of the molecule is CCc1ccc(CN(C)C(=O)c2ccc(=O)[nH]c2)cc1. The molecule has 0 unspecified atom stereocenters. The van der Waals surface area contributed by atoms with Crippen LogP contribution < -0.4 is 5.56 Å². The van der Waals surface area contributed by atoms with E-state index < -0.39 is 0 Å². The van der Waals surface area contributed by atoms with Crippen molar-refractivity contribution in [2.24, 2.45) is 0 Å². The van der Waals surface area contributed by atoms with Gasteiger partial charge in [-0.05, 0) is 23.6 Å². The molecule has 20 heavy (non-hydrogen) atoms. The molecule has 0 aliphatic heterocycles. The molecular weight excluding hydrogens is 252 g/mol. The summed E-state index contributed by atoms with van der Waals surface area (Å²) in [5, 5.41) is 0. The predicted octanol–water partition coefficient (Wildman–Crippen LogP) is 2.21. The zero-order valence-corrected chi connectivity index (χ0v) is 11.7. The summed E-state index contributed by atoms with van der Waals surface area (Å²) >= 11 is 0. The minimum absolute atomic E-state index is 0.110. The van der Waals surface area contributed by atoms with E-state index in [9.17, 15) is 9.59 Å². The topological polar surface area (TPSA) is 53.2 Å². The van der Waals surface area contributed by atoms with Gasteiger partial charge in [-0.3, -0.25) is 9.59 Å². The normalized spacial score (nSPS) is 10.3. The molecule has 1 aromatic heterocycles. The number of aromatic amines is 1. The summed E-state index contributed by atoms with van der Waals surface area (Å²) in [6.45, 7) is 2.66. The molecule has 1 N–H and O–H groups in total. The smallest absolute Gasteiger partial charge is 0.255 e. The van der Waals surface area contributed by atoms with Gasteiger partial charge in [0, 0.05) is 25.9 Å². The lowest BCUT2D eigenvalue weighted by Crippen LogP contribution is -2.26. The number of pyridine rings is 1. The van der Waals surface area contributed by atoms with Crippen molar-refractivity contribution in [3.05, 3.63) is 69.6 Å². The van der Waals surface area contributed by atoms with Crippen LogP contribution in [0.3, 0.4) is 0 Å². The minimum atomic E-state index is -0.209. The Morgan fingerprint density at radius 2 is 1.75 bits per heavy atom. The summed E-state index contributed by atoms with van der Waals surface area (Å²) in [7, 11) is 1.75. The Hall–Kier alpha value is -2.36. The highest BCUT2D eigenvalue weighted by Gasteiger charge is 2.11. The van der Waals surface area contributed by atoms with Crippen LogP contribution in [-0.2, 0) is 13.0 Å². The Bertz CT molecular complexity index is 624. The van der Waals surface area contributed by atoms with Crippen molar-refractivity contribution >= 4 is 5.91 Å². The van der Waals surface area contributed by atoms with Gasteiger partial charge in [0.2, 0.25) is 5.56 Å². The molecule has 1 amide bonds. The molecule has 0 bridgehead atoms. The molecule has 2 rings (SSSR count). The van der Waals surface area contributed by atoms with Gasteiger partial charge >= 0.3 is 0 Å². The zero-order chi connectivity index (χ0) is 14.5. The summed E-state index contributed by atoms with van der Waals surface area (Å²) in [5.74, 6) is -0.110. The second-order valence-corrected chi connectivity index (χ2v) is 4.77. The third kappa shape index (κ3) is 3.35. The van der Waals surface area contributed by atoms with Crippen LogP contribution in [0.4, 0.5) is 0 Å². The third-order valence-corrected chi connectivity index (χ3v) is 3.23. The highest BCUT2D eigenvalue weighted by molar-refractivity contribution is 5.93. The standard InChI is InChI=1S/C16H18N2O2/c1-3-12-4-6-13(7-5-12)11-18(2)16(20)14-8-9-15(19)17-10-14/h4-10H,3,11H2,1-2H3,(H,17,19). The fourth-order valence-corrected chi connectivity index (χ4v) is 1.99. The summed E-state index contributed by atoms with van der Waals surface area (Å²) in [4.78, 5) is 27.3. The second kappa shape index (κ2) is 6.19. The molecule has 1 aromatic carbocycles. The van der Waals surface area contributed by atoms with E-state index >= 15 is 0 Å². The van der Waals surface area contributed by atoms with Crippen molar-refractivity contribution in [2.75, 3.05) is 7.05 Å². The first-order chi connectivity index (χ1) is 9.60. The van der Waals surface area contributed by atoms with Gasteiger partial charge in [-0.1, -0.05) is 31.2 Å². The average Bonchev–Trinajstić information content (AvgIpc) is 2.48. The molecule has 4 nitrogen and oxygen atoms in total. The molecule has 0 saturated heterocycles. The van der Waals surface area contributed by atoms with Crippen molar-refractivity contribution in [1.29, 1.82) is 0 Å². The highest BCUT2D eigenvalue weighted by atomic mass is 16.2. The van der Waals surface area contributed by atoms with E-state index in [1.165, 1.54) is 23.9 Å². The number of nitrogens with one attached hydrogen (secondary N) is 1. The van der Waals surface area contributed by atoms with E-state index in [0.717, 1.165) is 12.0 Å². The van der Waals surface area contributed by atoms with Crippen LogP contribution in [0.5, 0.6) is 0 Å². The maximum Gasteiger partial charge on any atom is 0.255 e. The number of aryl methyl sites for hydroxylation is 1. The van der Waals surface area contributed by atoms with Crippen LogP contribution >= 0.6 is 0 Å². The molecule has 0 saturated carbocycles. The minimum Gasteiger partial charge on any atom is -0.337 e. The molecular formula is C16H18N2O2. The van der Waals surface area contributed by atoms with Gasteiger partial charge in [-0.25, -0.2) is 0 Å². The van der Waals surface area contributed by atoms with E-state index in [4.69, 9.17) is 0 Å². The van der Waals surface area contributed by atoms with E-state index in [2.05, 4.69) is 24.0 Å². The van der Waals surface area contributed by atoms with Gasteiger partial charge in [0.25, 0.3) is 5.91 Å². The summed E-state index contributed by atoms with van der Waals surface area (Å²) in [6, 6.07) is 11.1. The number of carbonyl (C=O) groups excluding carboxylic acids is 1. The molecule has 4 heteroatoms. The van der Waals surface area contributed by atoms with Crippen LogP contribution in [0.15, 0.2) is 47.4 Å². The monoisotopic (exact) mass is 270 g/mol. The van der Waals surface area contributed by atoms with E-state index in [-0.39, 0.29) is 11.5 Å². The molecule has 0 spiro atoms. The van der Waals surface area contributed by atoms with Crippen LogP contribution in [0.25, 0.3) is 0 Å². The first-order valence-electron chi connectivity index (χ1n) is 6.62. The number of H-pyrrole nitrogens is 1. The van der Waals surface area contributed by atoms with Crippen LogP contribution in [-0.4, -0.2) is 22.8 Å². The number of nitrogens with zero attached hydrogens (tertiary/aromatic N) is 1. The number of benzene rings is 1. The highest BCUT2D eigenvalue weighted by Crippen LogP contribution is 2.09. The van der Waals surface area contributed by atoms with E-state index in [0.29, 0.717) is 12.1 Å². The number of rotatable bonds is 4. The quantitative estimate of drug-likeness (QED) is 0.926. The van der Waals surface area contributed by atoms with Gasteiger partial charge in [0.15, 0.2) is 0 Å². The first-order valence-corrected chi connectivity index (χ1v) is 6.62. The first kappa shape index (κ1) is 14.1. The van der Waals surface area contributed by atoms with Crippen LogP contribution in [0.2, 0.25) is 0 Å². The predicted molar refractivity (Wildman–Crippen MR) is 78.7 cm³/mol. The molecule has 1 heterocycles. The van der Waals surface area contributed by atoms with Crippen LogP contribution in [0.1, 0.15) is 28.4 Å².